The van der Waals surface area contributed by atoms with E-state index in [4.69, 9.17) is 9.47 Å². The van der Waals surface area contributed by atoms with E-state index in [9.17, 15) is 9.59 Å². The van der Waals surface area contributed by atoms with Gasteiger partial charge in [0.2, 0.25) is 0 Å². The fourth-order valence-electron chi connectivity index (χ4n) is 2.38. The van der Waals surface area contributed by atoms with Gasteiger partial charge in [-0.05, 0) is 31.6 Å². The highest BCUT2D eigenvalue weighted by atomic mass is 16.5. The van der Waals surface area contributed by atoms with Crippen molar-refractivity contribution in [3.63, 3.8) is 0 Å². The van der Waals surface area contributed by atoms with Gasteiger partial charge in [-0.2, -0.15) is 0 Å². The Balaban J connectivity index is 2.45. The fraction of sp³-hybridized carbons (Fsp3) is 0.714. The lowest BCUT2D eigenvalue weighted by Crippen LogP contribution is -2.34. The minimum atomic E-state index is -0.515. The molecule has 18 heavy (non-hydrogen) atoms. The van der Waals surface area contributed by atoms with Gasteiger partial charge in [0.05, 0.1) is 6.61 Å². The van der Waals surface area contributed by atoms with Crippen LogP contribution in [0.3, 0.4) is 0 Å². The Bertz CT molecular complexity index is 312. The van der Waals surface area contributed by atoms with Crippen LogP contribution in [0, 0.1) is 11.8 Å². The van der Waals surface area contributed by atoms with Gasteiger partial charge in [0.15, 0.2) is 0 Å². The third kappa shape index (κ3) is 4.51. The number of esters is 2. The number of carbonyl (C=O) groups excluding carboxylic acids is 2. The van der Waals surface area contributed by atoms with E-state index >= 15 is 0 Å². The number of ether oxygens (including phenoxy) is 2. The van der Waals surface area contributed by atoms with Crippen LogP contribution in [-0.2, 0) is 19.1 Å². The highest BCUT2D eigenvalue weighted by Gasteiger charge is 2.30. The molecule has 0 heterocycles. The third-order valence-electron chi connectivity index (χ3n) is 3.33. The van der Waals surface area contributed by atoms with E-state index in [1.54, 1.807) is 6.92 Å². The molecule has 4 nitrogen and oxygen atoms in total. The third-order valence-corrected chi connectivity index (χ3v) is 3.33. The van der Waals surface area contributed by atoms with Crippen LogP contribution in [0.5, 0.6) is 0 Å². The SMILES string of the molecule is CCOC(=O)C=CC(=O)OC1C(C)CCCC1C. The summed E-state index contributed by atoms with van der Waals surface area (Å²) in [6.45, 7) is 6.22. The smallest absolute Gasteiger partial charge is 0.331 e. The Hall–Kier alpha value is -1.32. The summed E-state index contributed by atoms with van der Waals surface area (Å²) in [4.78, 5) is 22.6. The van der Waals surface area contributed by atoms with E-state index < -0.39 is 11.9 Å². The first-order valence-corrected chi connectivity index (χ1v) is 6.60. The van der Waals surface area contributed by atoms with Gasteiger partial charge in [-0.15, -0.1) is 0 Å². The summed E-state index contributed by atoms with van der Waals surface area (Å²) in [7, 11) is 0. The summed E-state index contributed by atoms with van der Waals surface area (Å²) in [6, 6.07) is 0. The van der Waals surface area contributed by atoms with Crippen molar-refractivity contribution in [2.24, 2.45) is 11.8 Å². The second kappa shape index (κ2) is 7.19. The normalized spacial score (nSPS) is 28.1. The molecule has 1 aliphatic rings. The molecule has 0 bridgehead atoms. The molecule has 1 aliphatic carbocycles. The molecule has 1 fully saturated rings. The van der Waals surface area contributed by atoms with Crippen LogP contribution < -0.4 is 0 Å². The van der Waals surface area contributed by atoms with Crippen molar-refractivity contribution in [1.82, 2.24) is 0 Å². The summed E-state index contributed by atoms with van der Waals surface area (Å²) in [5.74, 6) is -0.213. The van der Waals surface area contributed by atoms with Crippen molar-refractivity contribution in [3.05, 3.63) is 12.2 Å². The molecule has 0 spiro atoms. The average Bonchev–Trinajstić information content (AvgIpc) is 2.32. The summed E-state index contributed by atoms with van der Waals surface area (Å²) >= 11 is 0. The fourth-order valence-corrected chi connectivity index (χ4v) is 2.38. The Labute approximate surface area is 108 Å². The average molecular weight is 254 g/mol. The Morgan fingerprint density at radius 1 is 1.11 bits per heavy atom. The highest BCUT2D eigenvalue weighted by Crippen LogP contribution is 2.31. The van der Waals surface area contributed by atoms with Crippen molar-refractivity contribution < 1.29 is 19.1 Å². The van der Waals surface area contributed by atoms with Crippen molar-refractivity contribution >= 4 is 11.9 Å². The predicted octanol–water partition coefficient (Wildman–Crippen LogP) is 2.47. The lowest BCUT2D eigenvalue weighted by molar-refractivity contribution is -0.151. The molecular weight excluding hydrogens is 232 g/mol. The minimum Gasteiger partial charge on any atom is -0.463 e. The van der Waals surface area contributed by atoms with Gasteiger partial charge >= 0.3 is 11.9 Å². The molecule has 0 aromatic carbocycles. The molecule has 2 unspecified atom stereocenters. The molecule has 4 heteroatoms. The van der Waals surface area contributed by atoms with Gasteiger partial charge in [-0.25, -0.2) is 9.59 Å². The molecule has 0 aliphatic heterocycles. The number of hydrogen-bond acceptors (Lipinski definition) is 4. The molecular formula is C14H22O4. The van der Waals surface area contributed by atoms with Gasteiger partial charge in [0.1, 0.15) is 6.10 Å². The van der Waals surface area contributed by atoms with Gasteiger partial charge in [0, 0.05) is 12.2 Å². The quantitative estimate of drug-likeness (QED) is 0.571. The molecule has 0 amide bonds. The lowest BCUT2D eigenvalue weighted by Gasteiger charge is -2.33. The molecule has 0 radical (unpaired) electrons. The van der Waals surface area contributed by atoms with E-state index in [-0.39, 0.29) is 6.10 Å². The molecule has 0 saturated heterocycles. The van der Waals surface area contributed by atoms with E-state index in [0.717, 1.165) is 25.0 Å². The Morgan fingerprint density at radius 3 is 2.22 bits per heavy atom. The van der Waals surface area contributed by atoms with Crippen molar-refractivity contribution in [2.45, 2.75) is 46.1 Å². The largest absolute Gasteiger partial charge is 0.463 e. The van der Waals surface area contributed by atoms with E-state index in [1.807, 2.05) is 0 Å². The first-order valence-electron chi connectivity index (χ1n) is 6.60. The summed E-state index contributed by atoms with van der Waals surface area (Å²) in [5.41, 5.74) is 0. The molecule has 0 N–H and O–H groups in total. The van der Waals surface area contributed by atoms with Crippen LogP contribution in [-0.4, -0.2) is 24.6 Å². The lowest BCUT2D eigenvalue weighted by atomic mass is 9.80. The maximum absolute atomic E-state index is 11.6. The molecule has 0 aromatic rings. The molecule has 2 atom stereocenters. The second-order valence-corrected chi connectivity index (χ2v) is 4.87. The minimum absolute atomic E-state index is 0.0434. The van der Waals surface area contributed by atoms with Crippen LogP contribution in [0.1, 0.15) is 40.0 Å². The van der Waals surface area contributed by atoms with Crippen LogP contribution in [0.2, 0.25) is 0 Å². The molecule has 0 aromatic heterocycles. The first-order chi connectivity index (χ1) is 8.54. The zero-order chi connectivity index (χ0) is 13.5. The summed E-state index contributed by atoms with van der Waals surface area (Å²) in [5, 5.41) is 0. The zero-order valence-corrected chi connectivity index (χ0v) is 11.3. The zero-order valence-electron chi connectivity index (χ0n) is 11.3. The molecule has 1 saturated carbocycles. The van der Waals surface area contributed by atoms with Gasteiger partial charge in [0.25, 0.3) is 0 Å². The Kier molecular flexibility index (Phi) is 5.89. The maximum atomic E-state index is 11.6. The maximum Gasteiger partial charge on any atom is 0.331 e. The standard InChI is InChI=1S/C14H22O4/c1-4-17-12(15)8-9-13(16)18-14-10(2)6-5-7-11(14)3/h8-11,14H,4-7H2,1-3H3. The van der Waals surface area contributed by atoms with Gasteiger partial charge < -0.3 is 9.47 Å². The summed E-state index contributed by atoms with van der Waals surface area (Å²) < 4.78 is 10.1. The highest BCUT2D eigenvalue weighted by molar-refractivity contribution is 5.91. The van der Waals surface area contributed by atoms with E-state index in [0.29, 0.717) is 18.4 Å². The van der Waals surface area contributed by atoms with Gasteiger partial charge in [-0.3, -0.25) is 0 Å². The second-order valence-electron chi connectivity index (χ2n) is 4.87. The topological polar surface area (TPSA) is 52.6 Å². The Morgan fingerprint density at radius 2 is 1.67 bits per heavy atom. The van der Waals surface area contributed by atoms with Crippen molar-refractivity contribution in [2.75, 3.05) is 6.61 Å². The van der Waals surface area contributed by atoms with Crippen LogP contribution in [0.15, 0.2) is 12.2 Å². The van der Waals surface area contributed by atoms with Crippen LogP contribution in [0.25, 0.3) is 0 Å². The van der Waals surface area contributed by atoms with Crippen molar-refractivity contribution in [1.29, 1.82) is 0 Å². The van der Waals surface area contributed by atoms with E-state index in [2.05, 4.69) is 13.8 Å². The van der Waals surface area contributed by atoms with Crippen LogP contribution in [0.4, 0.5) is 0 Å². The van der Waals surface area contributed by atoms with Gasteiger partial charge in [-0.1, -0.05) is 20.3 Å². The van der Waals surface area contributed by atoms with Crippen molar-refractivity contribution in [3.8, 4) is 0 Å². The molecule has 1 rings (SSSR count). The molecule has 102 valence electrons. The van der Waals surface area contributed by atoms with E-state index in [1.165, 1.54) is 6.42 Å². The number of hydrogen-bond donors (Lipinski definition) is 0. The predicted molar refractivity (Wildman–Crippen MR) is 67.8 cm³/mol. The van der Waals surface area contributed by atoms with Crippen LogP contribution >= 0.6 is 0 Å². The summed E-state index contributed by atoms with van der Waals surface area (Å²) in [6.07, 6.45) is 5.58. The number of carbonyl (C=O) groups is 2. The number of rotatable bonds is 4. The monoisotopic (exact) mass is 254 g/mol. The first kappa shape index (κ1) is 14.7.